The van der Waals surface area contributed by atoms with Gasteiger partial charge in [-0.3, -0.25) is 0 Å². The van der Waals surface area contributed by atoms with E-state index in [4.69, 9.17) is 16.2 Å². The average molecular weight is 221 g/mol. The number of aliphatic imine (C=N–C) groups is 1. The third-order valence-corrected chi connectivity index (χ3v) is 2.36. The summed E-state index contributed by atoms with van der Waals surface area (Å²) in [7, 11) is 1.68. The Kier molecular flexibility index (Phi) is 4.17. The molecule has 0 saturated heterocycles. The van der Waals surface area contributed by atoms with Crippen molar-refractivity contribution in [3.05, 3.63) is 29.3 Å². The van der Waals surface area contributed by atoms with Gasteiger partial charge in [0.25, 0.3) is 0 Å². The molecule has 0 fully saturated rings. The molecular formula is C12H19N3O. The summed E-state index contributed by atoms with van der Waals surface area (Å²) in [6, 6.07) is 6.00. The predicted molar refractivity (Wildman–Crippen MR) is 66.6 cm³/mol. The van der Waals surface area contributed by atoms with Gasteiger partial charge in [0.1, 0.15) is 5.75 Å². The van der Waals surface area contributed by atoms with Crippen molar-refractivity contribution in [2.24, 2.45) is 16.5 Å². The molecule has 0 aliphatic rings. The lowest BCUT2D eigenvalue weighted by Gasteiger charge is -2.12. The standard InChI is InChI=1S/C12H19N3O/c1-8(2)10-6-9(7-15-12(13)14)4-5-11(10)16-3/h4-6,8H,7H2,1-3H3,(H4,13,14,15). The highest BCUT2D eigenvalue weighted by Crippen LogP contribution is 2.27. The Balaban J connectivity index is 2.98. The van der Waals surface area contributed by atoms with Gasteiger partial charge in [-0.25, -0.2) is 4.99 Å². The zero-order valence-electron chi connectivity index (χ0n) is 10.0. The molecule has 0 amide bonds. The Morgan fingerprint density at radius 2 is 2.06 bits per heavy atom. The number of ether oxygens (including phenoxy) is 1. The summed E-state index contributed by atoms with van der Waals surface area (Å²) < 4.78 is 5.30. The first-order chi connectivity index (χ1) is 7.54. The van der Waals surface area contributed by atoms with Crippen LogP contribution in [0.1, 0.15) is 30.9 Å². The highest BCUT2D eigenvalue weighted by molar-refractivity contribution is 5.75. The van der Waals surface area contributed by atoms with E-state index in [0.717, 1.165) is 11.3 Å². The van der Waals surface area contributed by atoms with Crippen LogP contribution in [0.4, 0.5) is 0 Å². The van der Waals surface area contributed by atoms with Crippen LogP contribution in [-0.4, -0.2) is 13.1 Å². The highest BCUT2D eigenvalue weighted by atomic mass is 16.5. The number of nitrogens with two attached hydrogens (primary N) is 2. The topological polar surface area (TPSA) is 73.6 Å². The van der Waals surface area contributed by atoms with Crippen molar-refractivity contribution in [2.45, 2.75) is 26.3 Å². The summed E-state index contributed by atoms with van der Waals surface area (Å²) in [5, 5.41) is 0. The maximum atomic E-state index is 5.30. The van der Waals surface area contributed by atoms with E-state index in [0.29, 0.717) is 12.5 Å². The van der Waals surface area contributed by atoms with Crippen LogP contribution in [0.25, 0.3) is 0 Å². The molecule has 4 N–H and O–H groups in total. The molecule has 1 aromatic rings. The largest absolute Gasteiger partial charge is 0.496 e. The van der Waals surface area contributed by atoms with Crippen molar-refractivity contribution in [3.63, 3.8) is 0 Å². The Morgan fingerprint density at radius 3 is 2.56 bits per heavy atom. The molecule has 0 heterocycles. The van der Waals surface area contributed by atoms with Gasteiger partial charge in [-0.15, -0.1) is 0 Å². The number of nitrogens with zero attached hydrogens (tertiary/aromatic N) is 1. The molecular weight excluding hydrogens is 202 g/mol. The van der Waals surface area contributed by atoms with Crippen LogP contribution in [0.2, 0.25) is 0 Å². The molecule has 0 radical (unpaired) electrons. The monoisotopic (exact) mass is 221 g/mol. The van der Waals surface area contributed by atoms with Gasteiger partial charge >= 0.3 is 0 Å². The third-order valence-electron chi connectivity index (χ3n) is 2.36. The smallest absolute Gasteiger partial charge is 0.186 e. The van der Waals surface area contributed by atoms with E-state index in [2.05, 4.69) is 24.9 Å². The van der Waals surface area contributed by atoms with Crippen LogP contribution in [0.15, 0.2) is 23.2 Å². The molecule has 0 spiro atoms. The maximum Gasteiger partial charge on any atom is 0.186 e. The fourth-order valence-electron chi connectivity index (χ4n) is 1.52. The molecule has 0 aromatic heterocycles. The Bertz CT molecular complexity index is 382. The molecule has 1 aromatic carbocycles. The Labute approximate surface area is 96.3 Å². The van der Waals surface area contributed by atoms with Crippen LogP contribution in [0.5, 0.6) is 5.75 Å². The molecule has 0 atom stereocenters. The Hall–Kier alpha value is -1.71. The van der Waals surface area contributed by atoms with E-state index < -0.39 is 0 Å². The van der Waals surface area contributed by atoms with Crippen LogP contribution in [-0.2, 0) is 6.54 Å². The van der Waals surface area contributed by atoms with Crippen LogP contribution in [0, 0.1) is 0 Å². The number of hydrogen-bond donors (Lipinski definition) is 2. The van der Waals surface area contributed by atoms with E-state index >= 15 is 0 Å². The minimum atomic E-state index is 0.113. The van der Waals surface area contributed by atoms with Crippen LogP contribution in [0.3, 0.4) is 0 Å². The van der Waals surface area contributed by atoms with Crippen molar-refractivity contribution >= 4 is 5.96 Å². The summed E-state index contributed by atoms with van der Waals surface area (Å²) >= 11 is 0. The second kappa shape index (κ2) is 5.39. The molecule has 0 aliphatic carbocycles. The van der Waals surface area contributed by atoms with Gasteiger partial charge in [-0.1, -0.05) is 19.9 Å². The van der Waals surface area contributed by atoms with Gasteiger partial charge in [0.05, 0.1) is 13.7 Å². The molecule has 0 aliphatic heterocycles. The fraction of sp³-hybridized carbons (Fsp3) is 0.417. The lowest BCUT2D eigenvalue weighted by Crippen LogP contribution is -2.22. The summed E-state index contributed by atoms with van der Waals surface area (Å²) in [5.41, 5.74) is 12.8. The second-order valence-corrected chi connectivity index (χ2v) is 3.97. The lowest BCUT2D eigenvalue weighted by atomic mass is 9.99. The molecule has 0 bridgehead atoms. The van der Waals surface area contributed by atoms with Crippen molar-refractivity contribution in [1.82, 2.24) is 0 Å². The van der Waals surface area contributed by atoms with Gasteiger partial charge in [0.15, 0.2) is 5.96 Å². The van der Waals surface area contributed by atoms with Gasteiger partial charge in [0, 0.05) is 0 Å². The fourth-order valence-corrected chi connectivity index (χ4v) is 1.52. The highest BCUT2D eigenvalue weighted by Gasteiger charge is 2.07. The average Bonchev–Trinajstić information content (AvgIpc) is 2.25. The van der Waals surface area contributed by atoms with Crippen LogP contribution >= 0.6 is 0 Å². The molecule has 88 valence electrons. The molecule has 4 nitrogen and oxygen atoms in total. The quantitative estimate of drug-likeness (QED) is 0.599. The van der Waals surface area contributed by atoms with Crippen molar-refractivity contribution < 1.29 is 4.74 Å². The normalized spacial score (nSPS) is 10.2. The summed E-state index contributed by atoms with van der Waals surface area (Å²) in [6.45, 7) is 4.76. The van der Waals surface area contributed by atoms with Crippen molar-refractivity contribution in [1.29, 1.82) is 0 Å². The molecule has 16 heavy (non-hydrogen) atoms. The molecule has 4 heteroatoms. The first kappa shape index (κ1) is 12.4. The van der Waals surface area contributed by atoms with E-state index in [-0.39, 0.29) is 5.96 Å². The van der Waals surface area contributed by atoms with E-state index in [1.165, 1.54) is 5.56 Å². The molecule has 1 rings (SSSR count). The molecule has 0 unspecified atom stereocenters. The SMILES string of the molecule is COc1ccc(CN=C(N)N)cc1C(C)C. The van der Waals surface area contributed by atoms with Gasteiger partial charge in [-0.05, 0) is 29.2 Å². The summed E-state index contributed by atoms with van der Waals surface area (Å²) in [4.78, 5) is 3.98. The second-order valence-electron chi connectivity index (χ2n) is 3.97. The minimum Gasteiger partial charge on any atom is -0.496 e. The predicted octanol–water partition coefficient (Wildman–Crippen LogP) is 1.59. The molecule has 0 saturated carbocycles. The van der Waals surface area contributed by atoms with Crippen molar-refractivity contribution in [3.8, 4) is 5.75 Å². The zero-order valence-corrected chi connectivity index (χ0v) is 10.0. The van der Waals surface area contributed by atoms with E-state index in [9.17, 15) is 0 Å². The third kappa shape index (κ3) is 3.15. The summed E-state index contributed by atoms with van der Waals surface area (Å²) in [5.74, 6) is 1.43. The Morgan fingerprint density at radius 1 is 1.38 bits per heavy atom. The number of benzene rings is 1. The lowest BCUT2D eigenvalue weighted by molar-refractivity contribution is 0.407. The van der Waals surface area contributed by atoms with Crippen molar-refractivity contribution in [2.75, 3.05) is 7.11 Å². The zero-order chi connectivity index (χ0) is 12.1. The maximum absolute atomic E-state index is 5.30. The first-order valence-corrected chi connectivity index (χ1v) is 5.26. The number of rotatable bonds is 4. The summed E-state index contributed by atoms with van der Waals surface area (Å²) in [6.07, 6.45) is 0. The van der Waals surface area contributed by atoms with E-state index in [1.807, 2.05) is 12.1 Å². The van der Waals surface area contributed by atoms with Gasteiger partial charge in [0.2, 0.25) is 0 Å². The number of methoxy groups -OCH3 is 1. The number of hydrogen-bond acceptors (Lipinski definition) is 2. The van der Waals surface area contributed by atoms with Gasteiger partial charge in [-0.2, -0.15) is 0 Å². The minimum absolute atomic E-state index is 0.113. The number of guanidine groups is 1. The van der Waals surface area contributed by atoms with Gasteiger partial charge < -0.3 is 16.2 Å². The first-order valence-electron chi connectivity index (χ1n) is 5.26. The van der Waals surface area contributed by atoms with E-state index in [1.54, 1.807) is 7.11 Å². The van der Waals surface area contributed by atoms with Crippen LogP contribution < -0.4 is 16.2 Å².